The van der Waals surface area contributed by atoms with E-state index in [9.17, 15) is 0 Å². The van der Waals surface area contributed by atoms with Gasteiger partial charge in [0.25, 0.3) is 0 Å². The lowest BCUT2D eigenvalue weighted by Gasteiger charge is -2.17. The molecule has 17 heavy (non-hydrogen) atoms. The summed E-state index contributed by atoms with van der Waals surface area (Å²) in [6.07, 6.45) is 2.21. The van der Waals surface area contributed by atoms with Gasteiger partial charge < -0.3 is 5.32 Å². The molecule has 1 aliphatic heterocycles. The first-order valence-corrected chi connectivity index (χ1v) is 6.27. The van der Waals surface area contributed by atoms with Crippen LogP contribution in [0.4, 0.5) is 0 Å². The summed E-state index contributed by atoms with van der Waals surface area (Å²) >= 11 is 0. The Morgan fingerprint density at radius 3 is 2.65 bits per heavy atom. The standard InChI is InChI=1S/C16H17N/c1-2-4-13(5-3-1)10-14-6-7-16-12-17-9-8-15(16)11-14/h1-7,11,17H,8-10,12H2. The molecule has 1 heterocycles. The molecule has 3 rings (SSSR count). The molecule has 0 saturated carbocycles. The molecule has 2 aromatic rings. The van der Waals surface area contributed by atoms with E-state index in [4.69, 9.17) is 0 Å². The van der Waals surface area contributed by atoms with Gasteiger partial charge in [0, 0.05) is 6.54 Å². The summed E-state index contributed by atoms with van der Waals surface area (Å²) in [6.45, 7) is 2.14. The molecular formula is C16H17N. The molecular weight excluding hydrogens is 206 g/mol. The zero-order valence-electron chi connectivity index (χ0n) is 9.95. The van der Waals surface area contributed by atoms with Crippen molar-refractivity contribution >= 4 is 0 Å². The van der Waals surface area contributed by atoms with Crippen molar-refractivity contribution in [1.82, 2.24) is 5.32 Å². The van der Waals surface area contributed by atoms with Crippen LogP contribution in [0, 0.1) is 0 Å². The third-order valence-electron chi connectivity index (χ3n) is 3.41. The molecule has 0 atom stereocenters. The molecule has 0 bridgehead atoms. The third-order valence-corrected chi connectivity index (χ3v) is 3.41. The first-order chi connectivity index (χ1) is 8.42. The SMILES string of the molecule is c1ccc(Cc2ccc3c(c2)CCNC3)cc1. The van der Waals surface area contributed by atoms with Gasteiger partial charge in [-0.3, -0.25) is 0 Å². The van der Waals surface area contributed by atoms with Crippen LogP contribution in [0.5, 0.6) is 0 Å². The van der Waals surface area contributed by atoms with Gasteiger partial charge in [0.1, 0.15) is 0 Å². The minimum Gasteiger partial charge on any atom is -0.312 e. The summed E-state index contributed by atoms with van der Waals surface area (Å²) in [5.74, 6) is 0. The van der Waals surface area contributed by atoms with Crippen LogP contribution in [0.2, 0.25) is 0 Å². The van der Waals surface area contributed by atoms with E-state index in [1.54, 1.807) is 0 Å². The smallest absolute Gasteiger partial charge is 0.0208 e. The van der Waals surface area contributed by atoms with E-state index >= 15 is 0 Å². The van der Waals surface area contributed by atoms with E-state index in [0.717, 1.165) is 25.9 Å². The lowest BCUT2D eigenvalue weighted by molar-refractivity contribution is 0.643. The van der Waals surface area contributed by atoms with Crippen LogP contribution in [0.3, 0.4) is 0 Å². The monoisotopic (exact) mass is 223 g/mol. The van der Waals surface area contributed by atoms with Crippen molar-refractivity contribution in [2.75, 3.05) is 6.54 Å². The zero-order valence-corrected chi connectivity index (χ0v) is 9.95. The summed E-state index contributed by atoms with van der Waals surface area (Å²) in [7, 11) is 0. The van der Waals surface area contributed by atoms with E-state index in [1.807, 2.05) is 0 Å². The molecule has 0 aliphatic carbocycles. The molecule has 0 aromatic heterocycles. The summed E-state index contributed by atoms with van der Waals surface area (Å²) in [5, 5.41) is 3.41. The minimum atomic E-state index is 1.03. The van der Waals surface area contributed by atoms with Gasteiger partial charge in [0.05, 0.1) is 0 Å². The van der Waals surface area contributed by atoms with Crippen LogP contribution in [0.25, 0.3) is 0 Å². The molecule has 0 spiro atoms. The highest BCUT2D eigenvalue weighted by Crippen LogP contribution is 2.18. The molecule has 0 unspecified atom stereocenters. The number of rotatable bonds is 2. The van der Waals surface area contributed by atoms with Gasteiger partial charge in [-0.15, -0.1) is 0 Å². The fourth-order valence-corrected chi connectivity index (χ4v) is 2.47. The fourth-order valence-electron chi connectivity index (χ4n) is 2.47. The summed E-state index contributed by atoms with van der Waals surface area (Å²) < 4.78 is 0. The molecule has 0 amide bonds. The summed E-state index contributed by atoms with van der Waals surface area (Å²) in [4.78, 5) is 0. The zero-order chi connectivity index (χ0) is 11.5. The van der Waals surface area contributed by atoms with Crippen molar-refractivity contribution in [1.29, 1.82) is 0 Å². The number of hydrogen-bond acceptors (Lipinski definition) is 1. The summed E-state index contributed by atoms with van der Waals surface area (Å²) in [5.41, 5.74) is 5.81. The molecule has 0 radical (unpaired) electrons. The second kappa shape index (κ2) is 4.72. The highest BCUT2D eigenvalue weighted by atomic mass is 14.9. The second-order valence-corrected chi connectivity index (χ2v) is 4.69. The fraction of sp³-hybridized carbons (Fsp3) is 0.250. The first kappa shape index (κ1) is 10.5. The Bertz CT molecular complexity index is 502. The maximum Gasteiger partial charge on any atom is 0.0208 e. The Hall–Kier alpha value is -1.60. The normalized spacial score (nSPS) is 14.4. The van der Waals surface area contributed by atoms with Gasteiger partial charge in [0.2, 0.25) is 0 Å². The van der Waals surface area contributed by atoms with Crippen molar-refractivity contribution in [3.05, 3.63) is 70.8 Å². The lowest BCUT2D eigenvalue weighted by Crippen LogP contribution is -2.23. The van der Waals surface area contributed by atoms with Crippen LogP contribution < -0.4 is 5.32 Å². The van der Waals surface area contributed by atoms with Gasteiger partial charge in [-0.25, -0.2) is 0 Å². The van der Waals surface area contributed by atoms with Gasteiger partial charge in [-0.1, -0.05) is 48.5 Å². The predicted octanol–water partition coefficient (Wildman–Crippen LogP) is 2.92. The lowest BCUT2D eigenvalue weighted by atomic mass is 9.96. The number of benzene rings is 2. The molecule has 2 aromatic carbocycles. The Balaban J connectivity index is 1.84. The molecule has 1 N–H and O–H groups in total. The van der Waals surface area contributed by atoms with Crippen LogP contribution in [-0.2, 0) is 19.4 Å². The highest BCUT2D eigenvalue weighted by Gasteiger charge is 2.08. The van der Waals surface area contributed by atoms with Crippen molar-refractivity contribution in [2.45, 2.75) is 19.4 Å². The summed E-state index contributed by atoms with van der Waals surface area (Å²) in [6, 6.07) is 17.6. The van der Waals surface area contributed by atoms with Crippen LogP contribution in [0.1, 0.15) is 22.3 Å². The number of hydrogen-bond donors (Lipinski definition) is 1. The van der Waals surface area contributed by atoms with Crippen molar-refractivity contribution in [3.63, 3.8) is 0 Å². The van der Waals surface area contributed by atoms with E-state index in [-0.39, 0.29) is 0 Å². The van der Waals surface area contributed by atoms with Gasteiger partial charge >= 0.3 is 0 Å². The quantitative estimate of drug-likeness (QED) is 0.825. The van der Waals surface area contributed by atoms with Crippen LogP contribution in [0.15, 0.2) is 48.5 Å². The topological polar surface area (TPSA) is 12.0 Å². The van der Waals surface area contributed by atoms with Crippen LogP contribution in [-0.4, -0.2) is 6.54 Å². The maximum absolute atomic E-state index is 3.41. The Kier molecular flexibility index (Phi) is 2.93. The van der Waals surface area contributed by atoms with Crippen molar-refractivity contribution in [2.24, 2.45) is 0 Å². The van der Waals surface area contributed by atoms with E-state index in [2.05, 4.69) is 53.8 Å². The molecule has 0 fully saturated rings. The maximum atomic E-state index is 3.41. The largest absolute Gasteiger partial charge is 0.312 e. The molecule has 1 heteroatoms. The Morgan fingerprint density at radius 1 is 0.882 bits per heavy atom. The highest BCUT2D eigenvalue weighted by molar-refractivity contribution is 5.36. The van der Waals surface area contributed by atoms with E-state index in [0.29, 0.717) is 0 Å². The number of fused-ring (bicyclic) bond motifs is 1. The molecule has 1 aliphatic rings. The van der Waals surface area contributed by atoms with Crippen LogP contribution >= 0.6 is 0 Å². The molecule has 0 saturated heterocycles. The Labute approximate surface area is 102 Å². The Morgan fingerprint density at radius 2 is 1.76 bits per heavy atom. The van der Waals surface area contributed by atoms with E-state index in [1.165, 1.54) is 22.3 Å². The third kappa shape index (κ3) is 2.40. The van der Waals surface area contributed by atoms with Gasteiger partial charge in [-0.05, 0) is 41.6 Å². The number of nitrogens with one attached hydrogen (secondary N) is 1. The minimum absolute atomic E-state index is 1.03. The predicted molar refractivity (Wildman–Crippen MR) is 71.1 cm³/mol. The average Bonchev–Trinajstić information content (AvgIpc) is 2.40. The van der Waals surface area contributed by atoms with E-state index < -0.39 is 0 Å². The van der Waals surface area contributed by atoms with Crippen molar-refractivity contribution in [3.8, 4) is 0 Å². The second-order valence-electron chi connectivity index (χ2n) is 4.69. The van der Waals surface area contributed by atoms with Gasteiger partial charge in [0.15, 0.2) is 0 Å². The van der Waals surface area contributed by atoms with Gasteiger partial charge in [-0.2, -0.15) is 0 Å². The molecule has 1 nitrogen and oxygen atoms in total. The molecule has 86 valence electrons. The van der Waals surface area contributed by atoms with Crippen molar-refractivity contribution < 1.29 is 0 Å². The average molecular weight is 223 g/mol. The first-order valence-electron chi connectivity index (χ1n) is 6.27.